The van der Waals surface area contributed by atoms with Gasteiger partial charge in [-0.2, -0.15) is 0 Å². The molecule has 122 valence electrons. The maximum atomic E-state index is 12.8. The quantitative estimate of drug-likeness (QED) is 0.887. The molecule has 0 spiro atoms. The lowest BCUT2D eigenvalue weighted by atomic mass is 10.1. The molecule has 6 nitrogen and oxygen atoms in total. The largest absolute Gasteiger partial charge is 0.388 e. The lowest BCUT2D eigenvalue weighted by Gasteiger charge is -2.28. The lowest BCUT2D eigenvalue weighted by molar-refractivity contribution is 0.0519. The van der Waals surface area contributed by atoms with Gasteiger partial charge in [-0.15, -0.1) is 0 Å². The topological polar surface area (TPSA) is 82.6 Å². The predicted molar refractivity (Wildman–Crippen MR) is 86.9 cm³/mol. The number of hydrogen-bond donors (Lipinski definition) is 2. The summed E-state index contributed by atoms with van der Waals surface area (Å²) < 4.78 is 5.21. The zero-order valence-electron chi connectivity index (χ0n) is 12.6. The van der Waals surface area contributed by atoms with E-state index >= 15 is 0 Å². The molecule has 1 aliphatic heterocycles. The fourth-order valence-electron chi connectivity index (χ4n) is 2.87. The number of H-pyrrole nitrogens is 1. The lowest BCUT2D eigenvalue weighted by Crippen LogP contribution is -2.47. The van der Waals surface area contributed by atoms with Gasteiger partial charge in [0.15, 0.2) is 0 Å². The molecule has 23 heavy (non-hydrogen) atoms. The molecule has 0 bridgehead atoms. The van der Waals surface area contributed by atoms with Crippen LogP contribution in [0.5, 0.6) is 0 Å². The van der Waals surface area contributed by atoms with Crippen molar-refractivity contribution in [2.24, 2.45) is 0 Å². The normalized spacial score (nSPS) is 20.8. The van der Waals surface area contributed by atoms with Crippen molar-refractivity contribution < 1.29 is 14.6 Å². The number of carbonyl (C=O) groups excluding carboxylic acids is 1. The summed E-state index contributed by atoms with van der Waals surface area (Å²) in [5.74, 6) is -0.417. The first-order valence-corrected chi connectivity index (χ1v) is 7.78. The van der Waals surface area contributed by atoms with Crippen LogP contribution in [0.1, 0.15) is 17.3 Å². The zero-order valence-corrected chi connectivity index (χ0v) is 13.3. The van der Waals surface area contributed by atoms with Crippen LogP contribution in [0.3, 0.4) is 0 Å². The number of nitrogens with one attached hydrogen (secondary N) is 1. The number of nitrogens with zero attached hydrogens (tertiary/aromatic N) is 1. The summed E-state index contributed by atoms with van der Waals surface area (Å²) in [4.78, 5) is 29.8. The Balaban J connectivity index is 2.01. The molecule has 2 aromatic rings. The molecule has 1 amide bonds. The molecule has 0 saturated carbocycles. The van der Waals surface area contributed by atoms with Crippen molar-refractivity contribution in [1.29, 1.82) is 0 Å². The van der Waals surface area contributed by atoms with Crippen LogP contribution >= 0.6 is 11.6 Å². The molecule has 0 aliphatic carbocycles. The van der Waals surface area contributed by atoms with E-state index in [1.807, 2.05) is 0 Å². The van der Waals surface area contributed by atoms with Gasteiger partial charge in [0.05, 0.1) is 30.9 Å². The monoisotopic (exact) mass is 336 g/mol. The Hall–Kier alpha value is -1.89. The minimum atomic E-state index is -0.739. The van der Waals surface area contributed by atoms with Gasteiger partial charge in [-0.05, 0) is 25.1 Å². The molecule has 1 saturated heterocycles. The third-order valence-corrected chi connectivity index (χ3v) is 4.33. The molecule has 7 heteroatoms. The van der Waals surface area contributed by atoms with Crippen LogP contribution in [0.15, 0.2) is 29.2 Å². The Kier molecular flexibility index (Phi) is 4.39. The third kappa shape index (κ3) is 2.85. The average molecular weight is 337 g/mol. The smallest absolute Gasteiger partial charge is 0.259 e. The van der Waals surface area contributed by atoms with Crippen LogP contribution in [-0.2, 0) is 4.74 Å². The second-order valence-corrected chi connectivity index (χ2v) is 5.92. The summed E-state index contributed by atoms with van der Waals surface area (Å²) in [6.07, 6.45) is 0.658. The SMILES string of the molecule is CCN(C(=O)c1c[nH]c2cc(Cl)ccc2c1=O)[C@H]1COC[C@@H]1O. The Labute approximate surface area is 137 Å². The summed E-state index contributed by atoms with van der Waals surface area (Å²) >= 11 is 5.91. The Morgan fingerprint density at radius 3 is 2.91 bits per heavy atom. The highest BCUT2D eigenvalue weighted by atomic mass is 35.5. The standard InChI is InChI=1S/C16H17ClN2O4/c1-2-19(13-7-23-8-14(13)20)16(22)11-6-18-12-5-9(17)3-4-10(12)15(11)21/h3-6,13-14,20H,2,7-8H2,1H3,(H,18,21)/t13-,14-/m0/s1. The van der Waals surface area contributed by atoms with Gasteiger partial charge in [-0.3, -0.25) is 9.59 Å². The van der Waals surface area contributed by atoms with Crippen LogP contribution in [0.2, 0.25) is 5.02 Å². The van der Waals surface area contributed by atoms with E-state index in [1.54, 1.807) is 25.1 Å². The van der Waals surface area contributed by atoms with Crippen molar-refractivity contribution in [3.8, 4) is 0 Å². The molecular formula is C16H17ClN2O4. The van der Waals surface area contributed by atoms with Gasteiger partial charge in [0.25, 0.3) is 5.91 Å². The molecule has 3 rings (SSSR count). The molecule has 1 fully saturated rings. The maximum Gasteiger partial charge on any atom is 0.259 e. The van der Waals surface area contributed by atoms with Crippen molar-refractivity contribution in [2.45, 2.75) is 19.1 Å². The first-order valence-electron chi connectivity index (χ1n) is 7.40. The van der Waals surface area contributed by atoms with Crippen molar-refractivity contribution in [1.82, 2.24) is 9.88 Å². The fourth-order valence-corrected chi connectivity index (χ4v) is 3.04. The van der Waals surface area contributed by atoms with E-state index in [0.717, 1.165) is 0 Å². The number of fused-ring (bicyclic) bond motifs is 1. The van der Waals surface area contributed by atoms with E-state index < -0.39 is 18.1 Å². The summed E-state index contributed by atoms with van der Waals surface area (Å²) in [6, 6.07) is 4.41. The summed E-state index contributed by atoms with van der Waals surface area (Å²) in [5, 5.41) is 10.8. The minimum Gasteiger partial charge on any atom is -0.388 e. The first-order chi connectivity index (χ1) is 11.0. The van der Waals surface area contributed by atoms with Gasteiger partial charge in [-0.1, -0.05) is 11.6 Å². The van der Waals surface area contributed by atoms with Crippen molar-refractivity contribution >= 4 is 28.4 Å². The molecule has 2 heterocycles. The van der Waals surface area contributed by atoms with E-state index in [4.69, 9.17) is 16.3 Å². The molecule has 1 aliphatic rings. The number of pyridine rings is 1. The van der Waals surface area contributed by atoms with Gasteiger partial charge in [0.2, 0.25) is 5.43 Å². The molecule has 0 unspecified atom stereocenters. The predicted octanol–water partition coefficient (Wildman–Crippen LogP) is 1.40. The fraction of sp³-hybridized carbons (Fsp3) is 0.375. The number of carbonyl (C=O) groups is 1. The highest BCUT2D eigenvalue weighted by Crippen LogP contribution is 2.18. The average Bonchev–Trinajstić information content (AvgIpc) is 2.94. The first kappa shape index (κ1) is 16.0. The number of halogens is 1. The maximum absolute atomic E-state index is 12.8. The number of benzene rings is 1. The Morgan fingerprint density at radius 2 is 2.26 bits per heavy atom. The van der Waals surface area contributed by atoms with E-state index in [1.165, 1.54) is 11.1 Å². The second-order valence-electron chi connectivity index (χ2n) is 5.48. The highest BCUT2D eigenvalue weighted by Gasteiger charge is 2.34. The zero-order chi connectivity index (χ0) is 16.6. The number of likely N-dealkylation sites (N-methyl/N-ethyl adjacent to an activating group) is 1. The van der Waals surface area contributed by atoms with Crippen LogP contribution in [0.4, 0.5) is 0 Å². The van der Waals surface area contributed by atoms with Gasteiger partial charge in [0, 0.05) is 23.2 Å². The number of amides is 1. The van der Waals surface area contributed by atoms with Gasteiger partial charge in [-0.25, -0.2) is 0 Å². The van der Waals surface area contributed by atoms with E-state index in [2.05, 4.69) is 4.98 Å². The van der Waals surface area contributed by atoms with Crippen molar-refractivity contribution in [2.75, 3.05) is 19.8 Å². The number of aliphatic hydroxyl groups is 1. The number of aliphatic hydroxyl groups excluding tert-OH is 1. The van der Waals surface area contributed by atoms with E-state index in [0.29, 0.717) is 22.5 Å². The number of ether oxygens (including phenoxy) is 1. The summed E-state index contributed by atoms with van der Waals surface area (Å²) in [6.45, 7) is 2.64. The summed E-state index contributed by atoms with van der Waals surface area (Å²) in [7, 11) is 0. The van der Waals surface area contributed by atoms with Crippen molar-refractivity contribution in [3.05, 3.63) is 45.2 Å². The van der Waals surface area contributed by atoms with Crippen LogP contribution in [0, 0.1) is 0 Å². The summed E-state index contributed by atoms with van der Waals surface area (Å²) in [5.41, 5.74) is 0.263. The molecule has 1 aromatic carbocycles. The minimum absolute atomic E-state index is 0.0424. The van der Waals surface area contributed by atoms with E-state index in [9.17, 15) is 14.7 Å². The van der Waals surface area contributed by atoms with Crippen LogP contribution in [0.25, 0.3) is 10.9 Å². The number of rotatable bonds is 3. The molecule has 2 atom stereocenters. The highest BCUT2D eigenvalue weighted by molar-refractivity contribution is 6.31. The molecule has 1 aromatic heterocycles. The van der Waals surface area contributed by atoms with E-state index in [-0.39, 0.29) is 24.2 Å². The van der Waals surface area contributed by atoms with Gasteiger partial charge >= 0.3 is 0 Å². The van der Waals surface area contributed by atoms with Gasteiger partial charge in [0.1, 0.15) is 5.56 Å². The van der Waals surface area contributed by atoms with Crippen LogP contribution in [-0.4, -0.2) is 52.8 Å². The number of aromatic nitrogens is 1. The van der Waals surface area contributed by atoms with Crippen LogP contribution < -0.4 is 5.43 Å². The molecule has 0 radical (unpaired) electrons. The second kappa shape index (κ2) is 6.31. The Morgan fingerprint density at radius 1 is 1.48 bits per heavy atom. The van der Waals surface area contributed by atoms with Crippen molar-refractivity contribution in [3.63, 3.8) is 0 Å². The van der Waals surface area contributed by atoms with Gasteiger partial charge < -0.3 is 19.7 Å². The number of aromatic amines is 1. The molecular weight excluding hydrogens is 320 g/mol. The Bertz CT molecular complexity index is 804. The third-order valence-electron chi connectivity index (χ3n) is 4.10. The molecule has 2 N–H and O–H groups in total. The number of hydrogen-bond acceptors (Lipinski definition) is 4.